The summed E-state index contributed by atoms with van der Waals surface area (Å²) in [6, 6.07) is 10.2. The number of halogens is 1. The first-order valence-corrected chi connectivity index (χ1v) is 8.33. The highest BCUT2D eigenvalue weighted by atomic mass is 35.5. The molecular weight excluding hydrogens is 324 g/mol. The van der Waals surface area contributed by atoms with Crippen LogP contribution in [-0.2, 0) is 11.3 Å². The fourth-order valence-corrected chi connectivity index (χ4v) is 3.73. The van der Waals surface area contributed by atoms with Crippen molar-refractivity contribution < 1.29 is 4.79 Å². The number of rotatable bonds is 4. The number of amides is 1. The van der Waals surface area contributed by atoms with Crippen molar-refractivity contribution in [2.24, 2.45) is 11.3 Å². The van der Waals surface area contributed by atoms with Gasteiger partial charge in [-0.15, -0.1) is 12.4 Å². The van der Waals surface area contributed by atoms with Crippen molar-refractivity contribution in [3.63, 3.8) is 0 Å². The van der Waals surface area contributed by atoms with Crippen molar-refractivity contribution in [1.82, 2.24) is 14.9 Å². The zero-order valence-corrected chi connectivity index (χ0v) is 14.4. The second kappa shape index (κ2) is 6.95. The molecule has 0 radical (unpaired) electrons. The summed E-state index contributed by atoms with van der Waals surface area (Å²) in [5.74, 6) is 0.939. The number of carbonyl (C=O) groups is 1. The van der Waals surface area contributed by atoms with Crippen LogP contribution in [0.4, 0.5) is 5.95 Å². The molecule has 1 saturated carbocycles. The lowest BCUT2D eigenvalue weighted by atomic mass is 9.92. The molecule has 2 heterocycles. The minimum atomic E-state index is 0. The Balaban J connectivity index is 0.00000169. The number of nitrogens with zero attached hydrogens (tertiary/aromatic N) is 2. The standard InChI is InChI=1S/C18H22N4O.ClH/c23-16(15-12-18(15)6-8-19-9-7-18)21-17-20-10-11-22(17)13-14-4-2-1-3-5-14;/h1-5,10-11,15,19H,6-9,12-13H2,(H,20,21,23);1H. The van der Waals surface area contributed by atoms with E-state index in [1.165, 1.54) is 5.56 Å². The van der Waals surface area contributed by atoms with Crippen LogP contribution in [0, 0.1) is 11.3 Å². The molecule has 2 fully saturated rings. The molecule has 5 nitrogen and oxygen atoms in total. The van der Waals surface area contributed by atoms with Crippen molar-refractivity contribution >= 4 is 24.3 Å². The monoisotopic (exact) mass is 346 g/mol. The second-order valence-corrected chi connectivity index (χ2v) is 6.72. The van der Waals surface area contributed by atoms with E-state index < -0.39 is 0 Å². The van der Waals surface area contributed by atoms with Gasteiger partial charge in [0.25, 0.3) is 0 Å². The molecule has 1 aliphatic heterocycles. The molecular formula is C18H23ClN4O. The number of hydrogen-bond acceptors (Lipinski definition) is 3. The highest BCUT2D eigenvalue weighted by molar-refractivity contribution is 5.93. The summed E-state index contributed by atoms with van der Waals surface area (Å²) < 4.78 is 1.99. The van der Waals surface area contributed by atoms with E-state index in [2.05, 4.69) is 27.8 Å². The molecule has 1 unspecified atom stereocenters. The Labute approximate surface area is 148 Å². The number of carbonyl (C=O) groups excluding carboxylic acids is 1. The maximum absolute atomic E-state index is 12.6. The van der Waals surface area contributed by atoms with E-state index >= 15 is 0 Å². The van der Waals surface area contributed by atoms with Crippen LogP contribution in [0.15, 0.2) is 42.7 Å². The summed E-state index contributed by atoms with van der Waals surface area (Å²) in [5.41, 5.74) is 1.45. The Morgan fingerprint density at radius 2 is 2.04 bits per heavy atom. The average Bonchev–Trinajstić information content (AvgIpc) is 3.10. The second-order valence-electron chi connectivity index (χ2n) is 6.72. The van der Waals surface area contributed by atoms with Crippen LogP contribution >= 0.6 is 12.4 Å². The quantitative estimate of drug-likeness (QED) is 0.894. The minimum Gasteiger partial charge on any atom is -0.317 e. The first-order valence-electron chi connectivity index (χ1n) is 8.33. The van der Waals surface area contributed by atoms with Gasteiger partial charge < -0.3 is 9.88 Å². The summed E-state index contributed by atoms with van der Waals surface area (Å²) in [6.07, 6.45) is 6.91. The number of imidazole rings is 1. The van der Waals surface area contributed by atoms with Crippen molar-refractivity contribution in [2.75, 3.05) is 18.4 Å². The molecule has 2 aliphatic rings. The van der Waals surface area contributed by atoms with Crippen molar-refractivity contribution in [1.29, 1.82) is 0 Å². The SMILES string of the molecule is Cl.O=C(Nc1nccn1Cc1ccccc1)C1CC12CCNCC2. The van der Waals surface area contributed by atoms with Gasteiger partial charge in [0.15, 0.2) is 0 Å². The third-order valence-corrected chi connectivity index (χ3v) is 5.25. The van der Waals surface area contributed by atoms with Gasteiger partial charge in [-0.3, -0.25) is 10.1 Å². The molecule has 6 heteroatoms. The van der Waals surface area contributed by atoms with E-state index in [4.69, 9.17) is 0 Å². The van der Waals surface area contributed by atoms with Gasteiger partial charge in [0.2, 0.25) is 11.9 Å². The van der Waals surface area contributed by atoms with Crippen LogP contribution in [0.25, 0.3) is 0 Å². The summed E-state index contributed by atoms with van der Waals surface area (Å²) in [4.78, 5) is 16.9. The van der Waals surface area contributed by atoms with Crippen LogP contribution < -0.4 is 10.6 Å². The minimum absolute atomic E-state index is 0. The van der Waals surface area contributed by atoms with Gasteiger partial charge in [0.05, 0.1) is 6.54 Å². The van der Waals surface area contributed by atoms with E-state index in [1.807, 2.05) is 29.0 Å². The maximum atomic E-state index is 12.6. The summed E-state index contributed by atoms with van der Waals surface area (Å²) in [5, 5.41) is 6.41. The zero-order valence-electron chi connectivity index (χ0n) is 13.6. The lowest BCUT2D eigenvalue weighted by molar-refractivity contribution is -0.118. The molecule has 24 heavy (non-hydrogen) atoms. The Hall–Kier alpha value is -1.85. The molecule has 1 spiro atoms. The Morgan fingerprint density at radius 3 is 2.79 bits per heavy atom. The normalized spacial score (nSPS) is 21.1. The molecule has 128 valence electrons. The number of nitrogens with one attached hydrogen (secondary N) is 2. The smallest absolute Gasteiger partial charge is 0.230 e. The number of hydrogen-bond donors (Lipinski definition) is 2. The number of piperidine rings is 1. The lowest BCUT2D eigenvalue weighted by Crippen LogP contribution is -2.32. The lowest BCUT2D eigenvalue weighted by Gasteiger charge is -2.23. The van der Waals surface area contributed by atoms with Gasteiger partial charge >= 0.3 is 0 Å². The summed E-state index contributed by atoms with van der Waals surface area (Å²) in [6.45, 7) is 2.79. The van der Waals surface area contributed by atoms with E-state index in [9.17, 15) is 4.79 Å². The van der Waals surface area contributed by atoms with Crippen LogP contribution in [0.5, 0.6) is 0 Å². The Morgan fingerprint density at radius 1 is 1.29 bits per heavy atom. The van der Waals surface area contributed by atoms with Crippen molar-refractivity contribution in [3.05, 3.63) is 48.3 Å². The maximum Gasteiger partial charge on any atom is 0.230 e. The topological polar surface area (TPSA) is 59.0 Å². The fraction of sp³-hybridized carbons (Fsp3) is 0.444. The summed E-state index contributed by atoms with van der Waals surface area (Å²) >= 11 is 0. The van der Waals surface area contributed by atoms with Gasteiger partial charge in [0, 0.05) is 18.3 Å². The van der Waals surface area contributed by atoms with Crippen molar-refractivity contribution in [2.45, 2.75) is 25.8 Å². The third kappa shape index (κ3) is 3.32. The van der Waals surface area contributed by atoms with E-state index in [0.717, 1.165) is 38.9 Å². The average molecular weight is 347 g/mol. The van der Waals surface area contributed by atoms with Crippen LogP contribution in [0.2, 0.25) is 0 Å². The molecule has 1 aromatic heterocycles. The Bertz CT molecular complexity index is 694. The predicted molar refractivity (Wildman–Crippen MR) is 96.3 cm³/mol. The van der Waals surface area contributed by atoms with E-state index in [1.54, 1.807) is 6.20 Å². The van der Waals surface area contributed by atoms with Crippen molar-refractivity contribution in [3.8, 4) is 0 Å². The molecule has 2 aromatic rings. The Kier molecular flexibility index (Phi) is 4.92. The van der Waals surface area contributed by atoms with Gasteiger partial charge in [0.1, 0.15) is 0 Å². The molecule has 1 aliphatic carbocycles. The van der Waals surface area contributed by atoms with Gasteiger partial charge in [-0.1, -0.05) is 30.3 Å². The van der Waals surface area contributed by atoms with Crippen LogP contribution in [0.1, 0.15) is 24.8 Å². The van der Waals surface area contributed by atoms with E-state index in [0.29, 0.717) is 5.95 Å². The number of aromatic nitrogens is 2. The van der Waals surface area contributed by atoms with Gasteiger partial charge in [-0.25, -0.2) is 4.98 Å². The molecule has 1 aromatic carbocycles. The largest absolute Gasteiger partial charge is 0.317 e. The van der Waals surface area contributed by atoms with Crippen LogP contribution in [-0.4, -0.2) is 28.5 Å². The molecule has 2 N–H and O–H groups in total. The first-order chi connectivity index (χ1) is 11.3. The summed E-state index contributed by atoms with van der Waals surface area (Å²) in [7, 11) is 0. The first kappa shape index (κ1) is 17.0. The molecule has 1 amide bonds. The third-order valence-electron chi connectivity index (χ3n) is 5.25. The fourth-order valence-electron chi connectivity index (χ4n) is 3.73. The predicted octanol–water partition coefficient (Wildman–Crippen LogP) is 2.68. The van der Waals surface area contributed by atoms with Gasteiger partial charge in [-0.05, 0) is 43.3 Å². The molecule has 0 bridgehead atoms. The highest BCUT2D eigenvalue weighted by Gasteiger charge is 2.57. The molecule has 1 saturated heterocycles. The zero-order chi connectivity index (χ0) is 15.7. The number of anilines is 1. The molecule has 1 atom stereocenters. The number of benzene rings is 1. The molecule has 4 rings (SSSR count). The highest BCUT2D eigenvalue weighted by Crippen LogP contribution is 2.58. The van der Waals surface area contributed by atoms with E-state index in [-0.39, 0.29) is 29.6 Å². The van der Waals surface area contributed by atoms with Gasteiger partial charge in [-0.2, -0.15) is 0 Å². The van der Waals surface area contributed by atoms with Crippen LogP contribution in [0.3, 0.4) is 0 Å².